The summed E-state index contributed by atoms with van der Waals surface area (Å²) in [5.41, 5.74) is 0. The maximum atomic E-state index is 3.61. The molecule has 0 amide bonds. The van der Waals surface area contributed by atoms with Gasteiger partial charge in [0, 0.05) is 6.04 Å². The SMILES string of the molecule is CNC1CCCCCC1CC1CC2CCC1C2. The third-order valence-electron chi connectivity index (χ3n) is 6.02. The van der Waals surface area contributed by atoms with E-state index in [2.05, 4.69) is 12.4 Å². The van der Waals surface area contributed by atoms with Crippen LogP contribution >= 0.6 is 0 Å². The van der Waals surface area contributed by atoms with Gasteiger partial charge in [-0.1, -0.05) is 25.7 Å². The molecule has 17 heavy (non-hydrogen) atoms. The van der Waals surface area contributed by atoms with Crippen LogP contribution in [0.3, 0.4) is 0 Å². The average Bonchev–Trinajstić information content (AvgIpc) is 2.87. The predicted octanol–water partition coefficient (Wildman–Crippen LogP) is 3.98. The van der Waals surface area contributed by atoms with E-state index in [1.54, 1.807) is 32.1 Å². The van der Waals surface area contributed by atoms with Crippen molar-refractivity contribution in [2.75, 3.05) is 7.05 Å². The summed E-state index contributed by atoms with van der Waals surface area (Å²) in [7, 11) is 2.18. The van der Waals surface area contributed by atoms with E-state index < -0.39 is 0 Å². The van der Waals surface area contributed by atoms with E-state index in [9.17, 15) is 0 Å². The molecule has 0 spiro atoms. The Morgan fingerprint density at radius 3 is 2.47 bits per heavy atom. The second-order valence-electron chi connectivity index (χ2n) is 6.96. The first-order valence-electron chi connectivity index (χ1n) is 8.04. The number of hydrogen-bond acceptors (Lipinski definition) is 1. The standard InChI is InChI=1S/C16H29N/c1-17-16-6-4-2-3-5-14(16)11-15-10-12-7-8-13(15)9-12/h12-17H,2-11H2,1H3. The highest BCUT2D eigenvalue weighted by Gasteiger charge is 2.40. The van der Waals surface area contributed by atoms with Gasteiger partial charge in [-0.25, -0.2) is 0 Å². The van der Waals surface area contributed by atoms with Crippen LogP contribution in [0, 0.1) is 23.7 Å². The second-order valence-corrected chi connectivity index (χ2v) is 6.96. The highest BCUT2D eigenvalue weighted by Crippen LogP contribution is 2.51. The molecule has 98 valence electrons. The highest BCUT2D eigenvalue weighted by atomic mass is 14.9. The van der Waals surface area contributed by atoms with Crippen molar-refractivity contribution >= 4 is 0 Å². The largest absolute Gasteiger partial charge is 0.317 e. The summed E-state index contributed by atoms with van der Waals surface area (Å²) >= 11 is 0. The van der Waals surface area contributed by atoms with Crippen LogP contribution in [0.1, 0.15) is 64.2 Å². The molecule has 5 atom stereocenters. The van der Waals surface area contributed by atoms with Crippen LogP contribution < -0.4 is 5.32 Å². The molecule has 0 aromatic rings. The van der Waals surface area contributed by atoms with Crippen LogP contribution in [-0.4, -0.2) is 13.1 Å². The Labute approximate surface area is 107 Å². The molecule has 0 aromatic carbocycles. The van der Waals surface area contributed by atoms with Gasteiger partial charge in [0.25, 0.3) is 0 Å². The van der Waals surface area contributed by atoms with E-state index in [0.29, 0.717) is 0 Å². The lowest BCUT2D eigenvalue weighted by Gasteiger charge is -2.30. The normalized spacial score (nSPS) is 46.1. The molecule has 0 aliphatic heterocycles. The van der Waals surface area contributed by atoms with Crippen molar-refractivity contribution in [2.24, 2.45) is 23.7 Å². The minimum Gasteiger partial charge on any atom is -0.317 e. The van der Waals surface area contributed by atoms with Crippen molar-refractivity contribution in [3.63, 3.8) is 0 Å². The molecule has 1 N–H and O–H groups in total. The first kappa shape index (κ1) is 12.0. The molecule has 1 nitrogen and oxygen atoms in total. The van der Waals surface area contributed by atoms with Crippen LogP contribution in [0.2, 0.25) is 0 Å². The van der Waals surface area contributed by atoms with E-state index in [4.69, 9.17) is 0 Å². The van der Waals surface area contributed by atoms with Gasteiger partial charge in [0.1, 0.15) is 0 Å². The van der Waals surface area contributed by atoms with Crippen molar-refractivity contribution in [2.45, 2.75) is 70.3 Å². The molecule has 0 aromatic heterocycles. The van der Waals surface area contributed by atoms with Crippen LogP contribution in [0.15, 0.2) is 0 Å². The zero-order chi connectivity index (χ0) is 11.7. The predicted molar refractivity (Wildman–Crippen MR) is 73.0 cm³/mol. The lowest BCUT2D eigenvalue weighted by atomic mass is 9.78. The van der Waals surface area contributed by atoms with E-state index in [1.165, 1.54) is 32.1 Å². The van der Waals surface area contributed by atoms with Crippen molar-refractivity contribution in [3.05, 3.63) is 0 Å². The summed E-state index contributed by atoms with van der Waals surface area (Å²) in [6.45, 7) is 0. The van der Waals surface area contributed by atoms with Gasteiger partial charge in [0.2, 0.25) is 0 Å². The fourth-order valence-corrected chi connectivity index (χ4v) is 5.10. The molecule has 0 radical (unpaired) electrons. The van der Waals surface area contributed by atoms with E-state index >= 15 is 0 Å². The third kappa shape index (κ3) is 2.54. The van der Waals surface area contributed by atoms with Gasteiger partial charge in [-0.15, -0.1) is 0 Å². The van der Waals surface area contributed by atoms with Gasteiger partial charge in [-0.05, 0) is 69.2 Å². The maximum Gasteiger partial charge on any atom is 0.00924 e. The first-order chi connectivity index (χ1) is 8.36. The minimum absolute atomic E-state index is 0.830. The molecular weight excluding hydrogens is 206 g/mol. The molecule has 3 rings (SSSR count). The van der Waals surface area contributed by atoms with E-state index in [1.807, 2.05) is 0 Å². The summed E-state index contributed by atoms with van der Waals surface area (Å²) in [6, 6.07) is 0.830. The van der Waals surface area contributed by atoms with Crippen molar-refractivity contribution in [1.82, 2.24) is 5.32 Å². The van der Waals surface area contributed by atoms with Gasteiger partial charge >= 0.3 is 0 Å². The summed E-state index contributed by atoms with van der Waals surface area (Å²) in [5.74, 6) is 4.35. The summed E-state index contributed by atoms with van der Waals surface area (Å²) in [6.07, 6.45) is 15.2. The highest BCUT2D eigenvalue weighted by molar-refractivity contribution is 4.92. The van der Waals surface area contributed by atoms with Gasteiger partial charge in [0.15, 0.2) is 0 Å². The number of rotatable bonds is 3. The summed E-state index contributed by atoms with van der Waals surface area (Å²) in [4.78, 5) is 0. The topological polar surface area (TPSA) is 12.0 Å². The Morgan fingerprint density at radius 2 is 1.76 bits per heavy atom. The molecule has 5 unspecified atom stereocenters. The van der Waals surface area contributed by atoms with Crippen molar-refractivity contribution < 1.29 is 0 Å². The lowest BCUT2D eigenvalue weighted by Crippen LogP contribution is -2.34. The fourth-order valence-electron chi connectivity index (χ4n) is 5.10. The Kier molecular flexibility index (Phi) is 3.75. The number of nitrogens with one attached hydrogen (secondary N) is 1. The minimum atomic E-state index is 0.830. The van der Waals surface area contributed by atoms with Crippen LogP contribution in [0.5, 0.6) is 0 Å². The Balaban J connectivity index is 1.58. The molecule has 1 heteroatoms. The van der Waals surface area contributed by atoms with Crippen molar-refractivity contribution in [1.29, 1.82) is 0 Å². The summed E-state index contributed by atoms with van der Waals surface area (Å²) < 4.78 is 0. The molecule has 0 heterocycles. The van der Waals surface area contributed by atoms with E-state index in [0.717, 1.165) is 29.7 Å². The third-order valence-corrected chi connectivity index (χ3v) is 6.02. The molecule has 3 saturated carbocycles. The van der Waals surface area contributed by atoms with Crippen LogP contribution in [0.4, 0.5) is 0 Å². The second kappa shape index (κ2) is 5.30. The molecule has 3 aliphatic rings. The van der Waals surface area contributed by atoms with Crippen molar-refractivity contribution in [3.8, 4) is 0 Å². The number of hydrogen-bond donors (Lipinski definition) is 1. The quantitative estimate of drug-likeness (QED) is 0.730. The zero-order valence-electron chi connectivity index (χ0n) is 11.5. The van der Waals surface area contributed by atoms with Gasteiger partial charge in [0.05, 0.1) is 0 Å². The van der Waals surface area contributed by atoms with Gasteiger partial charge in [-0.3, -0.25) is 0 Å². The van der Waals surface area contributed by atoms with Gasteiger partial charge in [-0.2, -0.15) is 0 Å². The fraction of sp³-hybridized carbons (Fsp3) is 1.00. The first-order valence-corrected chi connectivity index (χ1v) is 8.04. The van der Waals surface area contributed by atoms with Gasteiger partial charge < -0.3 is 5.32 Å². The molecular formula is C16H29N. The molecule has 3 fully saturated rings. The Hall–Kier alpha value is -0.0400. The average molecular weight is 235 g/mol. The monoisotopic (exact) mass is 235 g/mol. The van der Waals surface area contributed by atoms with E-state index in [-0.39, 0.29) is 0 Å². The summed E-state index contributed by atoms with van der Waals surface area (Å²) in [5, 5.41) is 3.61. The lowest BCUT2D eigenvalue weighted by molar-refractivity contribution is 0.226. The zero-order valence-corrected chi connectivity index (χ0v) is 11.5. The smallest absolute Gasteiger partial charge is 0.00924 e. The Morgan fingerprint density at radius 1 is 0.882 bits per heavy atom. The van der Waals surface area contributed by atoms with Crippen LogP contribution in [-0.2, 0) is 0 Å². The molecule has 3 aliphatic carbocycles. The maximum absolute atomic E-state index is 3.61. The van der Waals surface area contributed by atoms with Crippen LogP contribution in [0.25, 0.3) is 0 Å². The molecule has 2 bridgehead atoms. The Bertz CT molecular complexity index is 250. The number of fused-ring (bicyclic) bond motifs is 2. The molecule has 0 saturated heterocycles.